The van der Waals surface area contributed by atoms with Crippen molar-refractivity contribution in [2.75, 3.05) is 18.0 Å². The fraction of sp³-hybridized carbons (Fsp3) is 0.462. The first-order valence-corrected chi connectivity index (χ1v) is 6.85. The van der Waals surface area contributed by atoms with E-state index in [1.807, 2.05) is 26.0 Å². The van der Waals surface area contributed by atoms with Gasteiger partial charge in [0.1, 0.15) is 6.04 Å². The molecule has 0 spiro atoms. The van der Waals surface area contributed by atoms with Gasteiger partial charge in [0.2, 0.25) is 5.91 Å². The van der Waals surface area contributed by atoms with Gasteiger partial charge in [-0.1, -0.05) is 15.9 Å². The number of nitrogens with one attached hydrogen (secondary N) is 1. The standard InChI is InChI=1S/C13H18BrN3O/c1-8-5-10(3-4-11(8)14)17-7-9(2)16-13(18)12(17)6-15/h3-5,9,12H,6-7,15H2,1-2H3,(H,16,18). The molecule has 3 N–H and O–H groups in total. The summed E-state index contributed by atoms with van der Waals surface area (Å²) in [5.41, 5.74) is 7.93. The minimum absolute atomic E-state index is 0.0109. The highest BCUT2D eigenvalue weighted by molar-refractivity contribution is 9.10. The van der Waals surface area contributed by atoms with Crippen LogP contribution in [0.2, 0.25) is 0 Å². The number of anilines is 1. The van der Waals surface area contributed by atoms with Crippen LogP contribution in [-0.2, 0) is 4.79 Å². The summed E-state index contributed by atoms with van der Waals surface area (Å²) in [7, 11) is 0. The Kier molecular flexibility index (Phi) is 3.92. The largest absolute Gasteiger partial charge is 0.356 e. The number of benzene rings is 1. The maximum atomic E-state index is 11.9. The van der Waals surface area contributed by atoms with Gasteiger partial charge in [0, 0.05) is 29.3 Å². The summed E-state index contributed by atoms with van der Waals surface area (Å²) in [6.45, 7) is 5.16. The van der Waals surface area contributed by atoms with E-state index in [-0.39, 0.29) is 18.0 Å². The number of nitrogens with zero attached hydrogens (tertiary/aromatic N) is 1. The van der Waals surface area contributed by atoms with Crippen LogP contribution in [-0.4, -0.2) is 31.1 Å². The van der Waals surface area contributed by atoms with Crippen LogP contribution in [0.15, 0.2) is 22.7 Å². The van der Waals surface area contributed by atoms with Gasteiger partial charge < -0.3 is 16.0 Å². The molecule has 2 atom stereocenters. The Labute approximate surface area is 116 Å². The number of nitrogens with two attached hydrogens (primary N) is 1. The summed E-state index contributed by atoms with van der Waals surface area (Å²) in [6, 6.07) is 5.98. The zero-order chi connectivity index (χ0) is 13.3. The Morgan fingerprint density at radius 3 is 2.89 bits per heavy atom. The van der Waals surface area contributed by atoms with Gasteiger partial charge in [-0.15, -0.1) is 0 Å². The SMILES string of the molecule is Cc1cc(N2CC(C)NC(=O)C2CN)ccc1Br. The number of carbonyl (C=O) groups is 1. The molecule has 2 unspecified atom stereocenters. The normalized spacial score (nSPS) is 24.0. The van der Waals surface area contributed by atoms with E-state index in [0.717, 1.165) is 22.3 Å². The third-order valence-electron chi connectivity index (χ3n) is 3.23. The second-order valence-corrected chi connectivity index (χ2v) is 5.60. The van der Waals surface area contributed by atoms with Gasteiger partial charge in [0.15, 0.2) is 0 Å². The second-order valence-electron chi connectivity index (χ2n) is 4.75. The summed E-state index contributed by atoms with van der Waals surface area (Å²) in [5.74, 6) is 0.0109. The van der Waals surface area contributed by atoms with E-state index in [4.69, 9.17) is 5.73 Å². The van der Waals surface area contributed by atoms with Crippen LogP contribution in [0, 0.1) is 6.92 Å². The van der Waals surface area contributed by atoms with Crippen molar-refractivity contribution in [2.24, 2.45) is 5.73 Å². The predicted molar refractivity (Wildman–Crippen MR) is 76.7 cm³/mol. The predicted octanol–water partition coefficient (Wildman–Crippen LogP) is 1.41. The summed E-state index contributed by atoms with van der Waals surface area (Å²) >= 11 is 3.49. The molecule has 1 amide bonds. The van der Waals surface area contributed by atoms with Gasteiger partial charge >= 0.3 is 0 Å². The minimum Gasteiger partial charge on any atom is -0.356 e. The Morgan fingerprint density at radius 1 is 1.56 bits per heavy atom. The monoisotopic (exact) mass is 311 g/mol. The Balaban J connectivity index is 2.33. The third-order valence-corrected chi connectivity index (χ3v) is 4.12. The smallest absolute Gasteiger partial charge is 0.244 e. The van der Waals surface area contributed by atoms with E-state index in [1.165, 1.54) is 0 Å². The average Bonchev–Trinajstić information content (AvgIpc) is 2.32. The molecular formula is C13H18BrN3O. The van der Waals surface area contributed by atoms with Gasteiger partial charge in [-0.3, -0.25) is 4.79 Å². The van der Waals surface area contributed by atoms with Crippen molar-refractivity contribution in [3.8, 4) is 0 Å². The molecule has 0 saturated carbocycles. The molecule has 5 heteroatoms. The first-order chi connectivity index (χ1) is 8.52. The van der Waals surface area contributed by atoms with Crippen molar-refractivity contribution in [1.29, 1.82) is 0 Å². The molecule has 1 aromatic rings. The third kappa shape index (κ3) is 2.52. The van der Waals surface area contributed by atoms with E-state index >= 15 is 0 Å². The molecule has 98 valence electrons. The highest BCUT2D eigenvalue weighted by atomic mass is 79.9. The van der Waals surface area contributed by atoms with Gasteiger partial charge in [0.25, 0.3) is 0 Å². The summed E-state index contributed by atoms with van der Waals surface area (Å²) in [5, 5.41) is 2.94. The zero-order valence-electron chi connectivity index (χ0n) is 10.6. The van der Waals surface area contributed by atoms with Crippen molar-refractivity contribution >= 4 is 27.5 Å². The highest BCUT2D eigenvalue weighted by Gasteiger charge is 2.31. The van der Waals surface area contributed by atoms with Gasteiger partial charge in [-0.05, 0) is 37.6 Å². The molecule has 0 aliphatic carbocycles. The van der Waals surface area contributed by atoms with E-state index in [0.29, 0.717) is 6.54 Å². The number of amides is 1. The first kappa shape index (κ1) is 13.4. The van der Waals surface area contributed by atoms with Crippen LogP contribution in [0.4, 0.5) is 5.69 Å². The summed E-state index contributed by atoms with van der Waals surface area (Å²) in [4.78, 5) is 14.0. The molecule has 1 fully saturated rings. The Morgan fingerprint density at radius 2 is 2.28 bits per heavy atom. The molecule has 2 rings (SSSR count). The van der Waals surface area contributed by atoms with Gasteiger partial charge in [-0.25, -0.2) is 0 Å². The lowest BCUT2D eigenvalue weighted by Gasteiger charge is -2.39. The molecule has 1 saturated heterocycles. The number of rotatable bonds is 2. The number of hydrogen-bond acceptors (Lipinski definition) is 3. The van der Waals surface area contributed by atoms with E-state index in [1.54, 1.807) is 0 Å². The molecule has 0 radical (unpaired) electrons. The molecule has 1 heterocycles. The van der Waals surface area contributed by atoms with Crippen molar-refractivity contribution in [3.05, 3.63) is 28.2 Å². The van der Waals surface area contributed by atoms with E-state index in [2.05, 4.69) is 32.2 Å². The Bertz CT molecular complexity index is 464. The van der Waals surface area contributed by atoms with Gasteiger partial charge in [-0.2, -0.15) is 0 Å². The van der Waals surface area contributed by atoms with Crippen LogP contribution in [0.5, 0.6) is 0 Å². The summed E-state index contributed by atoms with van der Waals surface area (Å²) < 4.78 is 1.07. The molecule has 0 bridgehead atoms. The second kappa shape index (κ2) is 5.28. The maximum absolute atomic E-state index is 11.9. The molecule has 4 nitrogen and oxygen atoms in total. The first-order valence-electron chi connectivity index (χ1n) is 6.06. The number of halogens is 1. The number of piperazine rings is 1. The number of carbonyl (C=O) groups excluding carboxylic acids is 1. The van der Waals surface area contributed by atoms with E-state index < -0.39 is 0 Å². The van der Waals surface area contributed by atoms with Crippen molar-refractivity contribution in [3.63, 3.8) is 0 Å². The van der Waals surface area contributed by atoms with E-state index in [9.17, 15) is 4.79 Å². The molecular weight excluding hydrogens is 294 g/mol. The van der Waals surface area contributed by atoms with Crippen LogP contribution >= 0.6 is 15.9 Å². The van der Waals surface area contributed by atoms with Crippen LogP contribution < -0.4 is 16.0 Å². The number of hydrogen-bond donors (Lipinski definition) is 2. The number of aryl methyl sites for hydroxylation is 1. The van der Waals surface area contributed by atoms with Crippen molar-refractivity contribution < 1.29 is 4.79 Å². The van der Waals surface area contributed by atoms with Crippen LogP contribution in [0.1, 0.15) is 12.5 Å². The molecule has 1 aliphatic rings. The van der Waals surface area contributed by atoms with Crippen molar-refractivity contribution in [1.82, 2.24) is 5.32 Å². The average molecular weight is 312 g/mol. The molecule has 1 aliphatic heterocycles. The van der Waals surface area contributed by atoms with Crippen LogP contribution in [0.3, 0.4) is 0 Å². The maximum Gasteiger partial charge on any atom is 0.244 e. The molecule has 1 aromatic carbocycles. The van der Waals surface area contributed by atoms with Crippen LogP contribution in [0.25, 0.3) is 0 Å². The zero-order valence-corrected chi connectivity index (χ0v) is 12.2. The molecule has 18 heavy (non-hydrogen) atoms. The minimum atomic E-state index is -0.276. The summed E-state index contributed by atoms with van der Waals surface area (Å²) in [6.07, 6.45) is 0. The lowest BCUT2D eigenvalue weighted by molar-refractivity contribution is -0.123. The quantitative estimate of drug-likeness (QED) is 0.868. The fourth-order valence-electron chi connectivity index (χ4n) is 2.28. The van der Waals surface area contributed by atoms with Gasteiger partial charge in [0.05, 0.1) is 0 Å². The lowest BCUT2D eigenvalue weighted by atomic mass is 10.1. The Hall–Kier alpha value is -1.07. The molecule has 0 aromatic heterocycles. The topological polar surface area (TPSA) is 58.4 Å². The fourth-order valence-corrected chi connectivity index (χ4v) is 2.52. The van der Waals surface area contributed by atoms with Crippen molar-refractivity contribution in [2.45, 2.75) is 25.9 Å². The highest BCUT2D eigenvalue weighted by Crippen LogP contribution is 2.25. The lowest BCUT2D eigenvalue weighted by Crippen LogP contribution is -2.61.